The van der Waals surface area contributed by atoms with Crippen LogP contribution in [-0.4, -0.2) is 17.1 Å². The Balaban J connectivity index is 2.35. The Morgan fingerprint density at radius 3 is 2.42 bits per heavy atom. The summed E-state index contributed by atoms with van der Waals surface area (Å²) < 4.78 is 0. The molecule has 1 atom stereocenters. The average Bonchev–Trinajstić information content (AvgIpc) is 2.40. The molecule has 0 fully saturated rings. The van der Waals surface area contributed by atoms with Crippen LogP contribution in [0.2, 0.25) is 0 Å². The van der Waals surface area contributed by atoms with E-state index in [0.29, 0.717) is 6.42 Å². The average molecular weight is 255 g/mol. The van der Waals surface area contributed by atoms with E-state index in [1.807, 2.05) is 55.5 Å². The summed E-state index contributed by atoms with van der Waals surface area (Å²) in [6, 6.07) is 15.1. The maximum Gasteiger partial charge on any atom is 0.320 e. The molecule has 0 amide bonds. The van der Waals surface area contributed by atoms with Crippen LogP contribution in [0.4, 0.5) is 0 Å². The Morgan fingerprint density at radius 1 is 1.16 bits per heavy atom. The number of carbonyl (C=O) groups is 1. The molecule has 3 heteroatoms. The second kappa shape index (κ2) is 5.67. The molecule has 98 valence electrons. The number of hydrogen-bond donors (Lipinski definition) is 2. The second-order valence-electron chi connectivity index (χ2n) is 4.67. The van der Waals surface area contributed by atoms with Crippen LogP contribution in [0.1, 0.15) is 11.1 Å². The van der Waals surface area contributed by atoms with Gasteiger partial charge in [0, 0.05) is 0 Å². The summed E-state index contributed by atoms with van der Waals surface area (Å²) in [6.07, 6.45) is 0.333. The van der Waals surface area contributed by atoms with E-state index in [9.17, 15) is 4.79 Å². The summed E-state index contributed by atoms with van der Waals surface area (Å²) >= 11 is 0. The third kappa shape index (κ3) is 3.20. The van der Waals surface area contributed by atoms with Gasteiger partial charge in [-0.15, -0.1) is 0 Å². The summed E-state index contributed by atoms with van der Waals surface area (Å²) in [5.41, 5.74) is 9.90. The van der Waals surface area contributed by atoms with Gasteiger partial charge in [0.1, 0.15) is 6.04 Å². The van der Waals surface area contributed by atoms with E-state index in [-0.39, 0.29) is 0 Å². The van der Waals surface area contributed by atoms with Gasteiger partial charge in [0.15, 0.2) is 0 Å². The lowest BCUT2D eigenvalue weighted by atomic mass is 9.95. The first-order valence-corrected chi connectivity index (χ1v) is 6.21. The number of aryl methyl sites for hydroxylation is 1. The highest BCUT2D eigenvalue weighted by Crippen LogP contribution is 2.24. The van der Waals surface area contributed by atoms with Gasteiger partial charge in [0.25, 0.3) is 0 Å². The fourth-order valence-electron chi connectivity index (χ4n) is 2.04. The molecule has 3 nitrogen and oxygen atoms in total. The van der Waals surface area contributed by atoms with Crippen molar-refractivity contribution >= 4 is 5.97 Å². The van der Waals surface area contributed by atoms with E-state index in [1.54, 1.807) is 0 Å². The topological polar surface area (TPSA) is 63.3 Å². The summed E-state index contributed by atoms with van der Waals surface area (Å²) in [5, 5.41) is 8.92. The normalized spacial score (nSPS) is 12.1. The lowest BCUT2D eigenvalue weighted by molar-refractivity contribution is -0.138. The molecule has 1 unspecified atom stereocenters. The number of carboxylic acids is 1. The number of rotatable bonds is 4. The molecule has 0 spiro atoms. The van der Waals surface area contributed by atoms with Gasteiger partial charge in [-0.25, -0.2) is 0 Å². The molecule has 0 aliphatic carbocycles. The van der Waals surface area contributed by atoms with Crippen LogP contribution in [0.25, 0.3) is 11.1 Å². The SMILES string of the molecule is Cc1ccc(-c2ccccc2CC(N)C(=O)O)cc1. The molecule has 0 saturated heterocycles. The van der Waals surface area contributed by atoms with Crippen molar-refractivity contribution in [3.05, 3.63) is 59.7 Å². The predicted octanol–water partition coefficient (Wildman–Crippen LogP) is 2.62. The molecule has 0 heterocycles. The Kier molecular flexibility index (Phi) is 3.97. The van der Waals surface area contributed by atoms with E-state index in [2.05, 4.69) is 0 Å². The van der Waals surface area contributed by atoms with Crippen molar-refractivity contribution < 1.29 is 9.90 Å². The van der Waals surface area contributed by atoms with Crippen LogP contribution in [0.15, 0.2) is 48.5 Å². The van der Waals surface area contributed by atoms with Crippen molar-refractivity contribution in [1.82, 2.24) is 0 Å². The van der Waals surface area contributed by atoms with Gasteiger partial charge in [-0.1, -0.05) is 54.1 Å². The van der Waals surface area contributed by atoms with Crippen LogP contribution in [0.3, 0.4) is 0 Å². The maximum atomic E-state index is 10.9. The van der Waals surface area contributed by atoms with Gasteiger partial charge >= 0.3 is 5.97 Å². The molecule has 19 heavy (non-hydrogen) atoms. The molecule has 3 N–H and O–H groups in total. The van der Waals surface area contributed by atoms with Crippen LogP contribution < -0.4 is 5.73 Å². The Bertz CT molecular complexity index is 576. The lowest BCUT2D eigenvalue weighted by Gasteiger charge is -2.12. The molecule has 0 radical (unpaired) electrons. The van der Waals surface area contributed by atoms with Crippen molar-refractivity contribution in [3.8, 4) is 11.1 Å². The zero-order valence-electron chi connectivity index (χ0n) is 10.8. The fourth-order valence-corrected chi connectivity index (χ4v) is 2.04. The smallest absolute Gasteiger partial charge is 0.320 e. The van der Waals surface area contributed by atoms with Gasteiger partial charge in [0.05, 0.1) is 0 Å². The van der Waals surface area contributed by atoms with Gasteiger partial charge in [-0.2, -0.15) is 0 Å². The zero-order chi connectivity index (χ0) is 13.8. The minimum absolute atomic E-state index is 0.333. The quantitative estimate of drug-likeness (QED) is 0.882. The van der Waals surface area contributed by atoms with Gasteiger partial charge < -0.3 is 10.8 Å². The Morgan fingerprint density at radius 2 is 1.79 bits per heavy atom. The molecule has 0 aliphatic rings. The first-order valence-electron chi connectivity index (χ1n) is 6.21. The van der Waals surface area contributed by atoms with Gasteiger partial charge in [0.2, 0.25) is 0 Å². The number of carboxylic acid groups (broad SMARTS) is 1. The van der Waals surface area contributed by atoms with E-state index in [0.717, 1.165) is 16.7 Å². The van der Waals surface area contributed by atoms with Crippen molar-refractivity contribution in [1.29, 1.82) is 0 Å². The number of benzene rings is 2. The summed E-state index contributed by atoms with van der Waals surface area (Å²) in [5.74, 6) is -0.973. The molecule has 0 bridgehead atoms. The monoisotopic (exact) mass is 255 g/mol. The first-order chi connectivity index (χ1) is 9.08. The molecule has 2 aromatic carbocycles. The molecule has 0 aliphatic heterocycles. The van der Waals surface area contributed by atoms with E-state index in [1.165, 1.54) is 5.56 Å². The summed E-state index contributed by atoms with van der Waals surface area (Å²) in [7, 11) is 0. The van der Waals surface area contributed by atoms with Crippen LogP contribution >= 0.6 is 0 Å². The fraction of sp³-hybridized carbons (Fsp3) is 0.188. The molecular weight excluding hydrogens is 238 g/mol. The standard InChI is InChI=1S/C16H17NO2/c1-11-6-8-12(9-7-11)14-5-3-2-4-13(14)10-15(17)16(18)19/h2-9,15H,10,17H2,1H3,(H,18,19). The van der Waals surface area contributed by atoms with E-state index in [4.69, 9.17) is 10.8 Å². The summed E-state index contributed by atoms with van der Waals surface area (Å²) in [6.45, 7) is 2.04. The van der Waals surface area contributed by atoms with E-state index >= 15 is 0 Å². The van der Waals surface area contributed by atoms with Gasteiger partial charge in [-0.3, -0.25) is 4.79 Å². The van der Waals surface area contributed by atoms with Crippen molar-refractivity contribution in [2.75, 3.05) is 0 Å². The van der Waals surface area contributed by atoms with Crippen LogP contribution in [0, 0.1) is 6.92 Å². The minimum atomic E-state index is -0.973. The molecule has 0 aromatic heterocycles. The Labute approximate surface area is 112 Å². The second-order valence-corrected chi connectivity index (χ2v) is 4.67. The maximum absolute atomic E-state index is 10.9. The molecule has 2 rings (SSSR count). The zero-order valence-corrected chi connectivity index (χ0v) is 10.8. The van der Waals surface area contributed by atoms with Crippen molar-refractivity contribution in [2.45, 2.75) is 19.4 Å². The van der Waals surface area contributed by atoms with Crippen LogP contribution in [0.5, 0.6) is 0 Å². The van der Waals surface area contributed by atoms with E-state index < -0.39 is 12.0 Å². The number of hydrogen-bond acceptors (Lipinski definition) is 2. The van der Waals surface area contributed by atoms with Crippen molar-refractivity contribution in [2.24, 2.45) is 5.73 Å². The molecule has 0 saturated carbocycles. The number of aliphatic carboxylic acids is 1. The minimum Gasteiger partial charge on any atom is -0.480 e. The highest BCUT2D eigenvalue weighted by atomic mass is 16.4. The largest absolute Gasteiger partial charge is 0.480 e. The van der Waals surface area contributed by atoms with Crippen LogP contribution in [-0.2, 0) is 11.2 Å². The van der Waals surface area contributed by atoms with Crippen molar-refractivity contribution in [3.63, 3.8) is 0 Å². The summed E-state index contributed by atoms with van der Waals surface area (Å²) in [4.78, 5) is 10.9. The highest BCUT2D eigenvalue weighted by molar-refractivity contribution is 5.75. The Hall–Kier alpha value is -2.13. The van der Waals surface area contributed by atoms with Gasteiger partial charge in [-0.05, 0) is 30.0 Å². The third-order valence-electron chi connectivity index (χ3n) is 3.14. The first kappa shape index (κ1) is 13.3. The predicted molar refractivity (Wildman–Crippen MR) is 75.9 cm³/mol. The number of nitrogens with two attached hydrogens (primary N) is 1. The highest BCUT2D eigenvalue weighted by Gasteiger charge is 2.14. The molecule has 2 aromatic rings. The third-order valence-corrected chi connectivity index (χ3v) is 3.14. The lowest BCUT2D eigenvalue weighted by Crippen LogP contribution is -2.32. The molecular formula is C16H17NO2.